The molecule has 2 unspecified atom stereocenters. The number of nitrogens with zero attached hydrogens (tertiary/aromatic N) is 2. The molecule has 1 saturated carbocycles. The Morgan fingerprint density at radius 3 is 3.00 bits per heavy atom. The third-order valence-corrected chi connectivity index (χ3v) is 2.42. The Balaban J connectivity index is 2.20. The largest absolute Gasteiger partial charge is 0.480 e. The maximum Gasteiger partial charge on any atom is 0.392 e. The Hall–Kier alpha value is -1.33. The zero-order valence-corrected chi connectivity index (χ0v) is 7.45. The number of aromatic nitrogens is 2. The van der Waals surface area contributed by atoms with Crippen molar-refractivity contribution >= 4 is 0 Å². The van der Waals surface area contributed by atoms with Crippen LogP contribution in [0, 0.1) is 5.92 Å². The number of alkyl halides is 3. The molecule has 0 N–H and O–H groups in total. The van der Waals surface area contributed by atoms with E-state index in [0.717, 1.165) is 0 Å². The molecule has 6 heteroatoms. The van der Waals surface area contributed by atoms with Crippen LogP contribution in [0.5, 0.6) is 5.88 Å². The monoisotopic (exact) mass is 221 g/mol. The fourth-order valence-corrected chi connectivity index (χ4v) is 1.59. The molecule has 0 spiro atoms. The van der Waals surface area contributed by atoms with E-state index in [2.05, 4.69) is 14.9 Å². The molecular weight excluding hydrogens is 209 g/mol. The molecule has 0 saturated heterocycles. The molecule has 1 aromatic heterocycles. The van der Waals surface area contributed by atoms with E-state index >= 15 is 0 Å². The highest BCUT2D eigenvalue weighted by Crippen LogP contribution is 2.57. The van der Waals surface area contributed by atoms with E-state index in [1.165, 1.54) is 12.3 Å². The summed E-state index contributed by atoms with van der Waals surface area (Å²) in [7, 11) is -2.76. The highest BCUT2D eigenvalue weighted by atomic mass is 19.4. The van der Waals surface area contributed by atoms with Gasteiger partial charge in [0.1, 0.15) is 0 Å². The lowest BCUT2D eigenvalue weighted by Gasteiger charge is -2.07. The topological polar surface area (TPSA) is 35.0 Å². The number of rotatable bonds is 2. The first kappa shape index (κ1) is 7.03. The van der Waals surface area contributed by atoms with Crippen molar-refractivity contribution in [2.75, 3.05) is 7.04 Å². The predicted molar refractivity (Wildman–Crippen MR) is 45.5 cm³/mol. The maximum absolute atomic E-state index is 12.5. The van der Waals surface area contributed by atoms with Crippen LogP contribution in [-0.2, 0) is 0 Å². The van der Waals surface area contributed by atoms with Crippen molar-refractivity contribution in [2.24, 2.45) is 5.92 Å². The molecule has 1 aliphatic rings. The van der Waals surface area contributed by atoms with Crippen LogP contribution in [0.3, 0.4) is 0 Å². The van der Waals surface area contributed by atoms with E-state index in [9.17, 15) is 13.2 Å². The van der Waals surface area contributed by atoms with Gasteiger partial charge in [-0.25, -0.2) is 0 Å². The predicted octanol–water partition coefficient (Wildman–Crippen LogP) is 2.15. The van der Waals surface area contributed by atoms with Gasteiger partial charge in [-0.15, -0.1) is 5.10 Å². The molecule has 1 aromatic rings. The summed E-state index contributed by atoms with van der Waals surface area (Å²) in [5, 5.41) is 6.86. The first-order valence-electron chi connectivity index (χ1n) is 5.76. The van der Waals surface area contributed by atoms with Gasteiger partial charge in [-0.1, -0.05) is 0 Å². The lowest BCUT2D eigenvalue weighted by Crippen LogP contribution is -2.11. The van der Waals surface area contributed by atoms with E-state index in [1.807, 2.05) is 0 Å². The summed E-state index contributed by atoms with van der Waals surface area (Å²) in [6, 6.07) is 1.31. The van der Waals surface area contributed by atoms with Crippen molar-refractivity contribution in [3.63, 3.8) is 0 Å². The third-order valence-electron chi connectivity index (χ3n) is 2.42. The fourth-order valence-electron chi connectivity index (χ4n) is 1.59. The summed E-state index contributed by atoms with van der Waals surface area (Å²) in [6.07, 6.45) is -3.15. The van der Waals surface area contributed by atoms with Gasteiger partial charge in [0, 0.05) is 11.5 Å². The molecule has 1 heterocycles. The van der Waals surface area contributed by atoms with Crippen LogP contribution in [0.15, 0.2) is 12.3 Å². The zero-order valence-electron chi connectivity index (χ0n) is 10.5. The minimum atomic E-state index is -4.29. The average Bonchev–Trinajstić information content (AvgIpc) is 2.94. The van der Waals surface area contributed by atoms with Gasteiger partial charge in [-0.3, -0.25) is 0 Å². The summed E-state index contributed by atoms with van der Waals surface area (Å²) in [4.78, 5) is 0. The summed E-state index contributed by atoms with van der Waals surface area (Å²) in [5.41, 5.74) is 0.142. The van der Waals surface area contributed by atoms with Crippen molar-refractivity contribution in [3.05, 3.63) is 17.8 Å². The molecule has 0 aromatic carbocycles. The van der Waals surface area contributed by atoms with Crippen LogP contribution in [0.4, 0.5) is 13.2 Å². The van der Waals surface area contributed by atoms with E-state index in [4.69, 9.17) is 4.11 Å². The summed E-state index contributed by atoms with van der Waals surface area (Å²) in [6.45, 7) is 0. The normalized spacial score (nSPS) is 28.9. The molecule has 0 radical (unpaired) electrons. The smallest absolute Gasteiger partial charge is 0.392 e. The Labute approximate surface area is 88.5 Å². The Morgan fingerprint density at radius 1 is 1.60 bits per heavy atom. The van der Waals surface area contributed by atoms with Crippen molar-refractivity contribution < 1.29 is 22.0 Å². The number of halogens is 3. The number of hydrogen-bond donors (Lipinski definition) is 0. The van der Waals surface area contributed by atoms with Crippen LogP contribution in [0.25, 0.3) is 0 Å². The number of hydrogen-bond acceptors (Lipinski definition) is 3. The van der Waals surface area contributed by atoms with Crippen LogP contribution >= 0.6 is 0 Å². The fraction of sp³-hybridized carbons (Fsp3) is 0.556. The van der Waals surface area contributed by atoms with Gasteiger partial charge in [0.25, 0.3) is 0 Å². The van der Waals surface area contributed by atoms with Gasteiger partial charge in [0.05, 0.1) is 23.3 Å². The SMILES string of the molecule is [2H]C([2H])([2H])Oc1nnccc1C1CC1C(F)(F)F. The molecule has 15 heavy (non-hydrogen) atoms. The molecule has 2 rings (SSSR count). The van der Waals surface area contributed by atoms with Gasteiger partial charge in [0.2, 0.25) is 5.88 Å². The van der Waals surface area contributed by atoms with Crippen molar-refractivity contribution in [3.8, 4) is 5.88 Å². The summed E-state index contributed by atoms with van der Waals surface area (Å²) in [5.74, 6) is -2.60. The molecule has 0 bridgehead atoms. The van der Waals surface area contributed by atoms with Gasteiger partial charge in [-0.05, 0) is 12.5 Å². The van der Waals surface area contributed by atoms with Gasteiger partial charge < -0.3 is 4.74 Å². The van der Waals surface area contributed by atoms with Gasteiger partial charge in [0.15, 0.2) is 0 Å². The number of ether oxygens (including phenoxy) is 1. The second kappa shape index (κ2) is 3.36. The second-order valence-electron chi connectivity index (χ2n) is 3.38. The number of methoxy groups -OCH3 is 1. The van der Waals surface area contributed by atoms with Crippen LogP contribution < -0.4 is 4.74 Å². The molecule has 0 aliphatic heterocycles. The standard InChI is InChI=1S/C9H9F3N2O/c1-15-8-5(2-3-13-14-8)6-4-7(6)9(10,11)12/h2-3,6-7H,4H2,1H3/i1D3. The molecule has 2 atom stereocenters. The minimum absolute atomic E-state index is 0.0768. The molecule has 1 aliphatic carbocycles. The van der Waals surface area contributed by atoms with E-state index in [1.54, 1.807) is 0 Å². The maximum atomic E-state index is 12.5. The van der Waals surface area contributed by atoms with Crippen LogP contribution in [0.1, 0.15) is 22.0 Å². The summed E-state index contributed by atoms with van der Waals surface area (Å²) >= 11 is 0. The van der Waals surface area contributed by atoms with E-state index in [0.29, 0.717) is 0 Å². The first-order chi connectivity index (χ1) is 8.18. The van der Waals surface area contributed by atoms with E-state index in [-0.39, 0.29) is 17.9 Å². The highest BCUT2D eigenvalue weighted by molar-refractivity contribution is 5.33. The van der Waals surface area contributed by atoms with Crippen LogP contribution in [0.2, 0.25) is 0 Å². The average molecular weight is 221 g/mol. The van der Waals surface area contributed by atoms with Gasteiger partial charge >= 0.3 is 6.18 Å². The Kier molecular flexibility index (Phi) is 1.57. The molecule has 3 nitrogen and oxygen atoms in total. The first-order valence-corrected chi connectivity index (χ1v) is 4.26. The molecule has 0 amide bonds. The van der Waals surface area contributed by atoms with Crippen molar-refractivity contribution in [2.45, 2.75) is 18.5 Å². The Morgan fingerprint density at radius 2 is 2.40 bits per heavy atom. The minimum Gasteiger partial charge on any atom is -0.480 e. The zero-order chi connectivity index (χ0) is 13.6. The lowest BCUT2D eigenvalue weighted by molar-refractivity contribution is -0.148. The van der Waals surface area contributed by atoms with Gasteiger partial charge in [-0.2, -0.15) is 18.3 Å². The molecule has 82 valence electrons. The Bertz CT molecular complexity index is 449. The third kappa shape index (κ3) is 1.88. The van der Waals surface area contributed by atoms with E-state index < -0.39 is 25.1 Å². The summed E-state index contributed by atoms with van der Waals surface area (Å²) < 4.78 is 62.7. The quantitative estimate of drug-likeness (QED) is 0.767. The second-order valence-corrected chi connectivity index (χ2v) is 3.38. The van der Waals surface area contributed by atoms with Crippen LogP contribution in [-0.4, -0.2) is 23.4 Å². The molecular formula is C9H9F3N2O. The molecule has 1 fully saturated rings. The lowest BCUT2D eigenvalue weighted by atomic mass is 10.1. The highest BCUT2D eigenvalue weighted by Gasteiger charge is 2.57. The van der Waals surface area contributed by atoms with Crippen molar-refractivity contribution in [1.82, 2.24) is 10.2 Å². The van der Waals surface area contributed by atoms with Crippen molar-refractivity contribution in [1.29, 1.82) is 0 Å².